The van der Waals surface area contributed by atoms with Crippen molar-refractivity contribution in [3.8, 4) is 0 Å². The van der Waals surface area contributed by atoms with Crippen LogP contribution >= 0.6 is 0 Å². The molecule has 2 aliphatic rings. The van der Waals surface area contributed by atoms with Crippen molar-refractivity contribution >= 4 is 21.6 Å². The maximum absolute atomic E-state index is 12.6. The number of nitrogens with zero attached hydrogens (tertiary/aromatic N) is 2. The van der Waals surface area contributed by atoms with E-state index in [1.165, 1.54) is 29.8 Å². The number of anilines is 1. The Hall–Kier alpha value is -2.12. The zero-order chi connectivity index (χ0) is 19.3. The van der Waals surface area contributed by atoms with Gasteiger partial charge in [-0.1, -0.05) is 0 Å². The number of amides is 1. The molecule has 2 heterocycles. The summed E-state index contributed by atoms with van der Waals surface area (Å²) in [5, 5.41) is 0. The van der Waals surface area contributed by atoms with Gasteiger partial charge in [0.05, 0.1) is 11.3 Å². The highest BCUT2D eigenvalue weighted by molar-refractivity contribution is 7.89. The summed E-state index contributed by atoms with van der Waals surface area (Å²) in [7, 11) is -1.89. The minimum absolute atomic E-state index is 0.0153. The highest BCUT2D eigenvalue weighted by Crippen LogP contribution is 2.38. The number of hydrogen-bond donors (Lipinski definition) is 1. The monoisotopic (exact) mass is 387 g/mol. The number of aromatic nitrogens is 1. The summed E-state index contributed by atoms with van der Waals surface area (Å²) in [5.41, 5.74) is 5.24. The summed E-state index contributed by atoms with van der Waals surface area (Å²) in [4.78, 5) is 13.6. The van der Waals surface area contributed by atoms with Crippen LogP contribution in [0.5, 0.6) is 0 Å². The minimum Gasteiger partial charge on any atom is -0.346 e. The molecule has 1 aromatic heterocycles. The van der Waals surface area contributed by atoms with Crippen LogP contribution in [0.25, 0.3) is 0 Å². The van der Waals surface area contributed by atoms with Crippen LogP contribution in [0.2, 0.25) is 0 Å². The van der Waals surface area contributed by atoms with E-state index in [1.807, 2.05) is 0 Å². The number of sulfonamides is 1. The largest absolute Gasteiger partial charge is 0.346 e. The van der Waals surface area contributed by atoms with Crippen molar-refractivity contribution < 1.29 is 13.2 Å². The summed E-state index contributed by atoms with van der Waals surface area (Å²) < 4.78 is 30.4. The molecule has 2 aromatic rings. The lowest BCUT2D eigenvalue weighted by Gasteiger charge is -2.11. The Kier molecular flexibility index (Phi) is 4.39. The average Bonchev–Trinajstić information content (AvgIpc) is 3.35. The summed E-state index contributed by atoms with van der Waals surface area (Å²) in [6, 6.07) is 7.67. The van der Waals surface area contributed by atoms with E-state index in [2.05, 4.69) is 29.2 Å². The van der Waals surface area contributed by atoms with Gasteiger partial charge in [0.25, 0.3) is 0 Å². The van der Waals surface area contributed by atoms with Gasteiger partial charge < -0.3 is 9.47 Å². The zero-order valence-corrected chi connectivity index (χ0v) is 16.8. The normalized spacial score (nSPS) is 16.9. The lowest BCUT2D eigenvalue weighted by atomic mass is 10.2. The van der Waals surface area contributed by atoms with Gasteiger partial charge in [-0.15, -0.1) is 0 Å². The highest BCUT2D eigenvalue weighted by Gasteiger charge is 2.28. The van der Waals surface area contributed by atoms with Gasteiger partial charge in [-0.05, 0) is 68.5 Å². The molecule has 0 unspecified atom stereocenters. The van der Waals surface area contributed by atoms with Gasteiger partial charge in [-0.25, -0.2) is 13.1 Å². The first-order valence-electron chi connectivity index (χ1n) is 9.34. The topological polar surface area (TPSA) is 71.4 Å². The van der Waals surface area contributed by atoms with E-state index in [0.717, 1.165) is 11.3 Å². The van der Waals surface area contributed by atoms with Crippen LogP contribution in [0.15, 0.2) is 29.2 Å². The highest BCUT2D eigenvalue weighted by atomic mass is 32.2. The third kappa shape index (κ3) is 3.30. The van der Waals surface area contributed by atoms with Gasteiger partial charge in [0.1, 0.15) is 0 Å². The van der Waals surface area contributed by atoms with Crippen LogP contribution in [0.3, 0.4) is 0 Å². The SMILES string of the molecule is Cc1cc(CCNS(=O)(=O)c2ccc3c(c2)CC(=O)N3C)c(C)n1C1CC1. The van der Waals surface area contributed by atoms with Gasteiger partial charge >= 0.3 is 0 Å². The molecule has 0 radical (unpaired) electrons. The Balaban J connectivity index is 1.45. The Morgan fingerprint density at radius 2 is 1.93 bits per heavy atom. The number of likely N-dealkylation sites (N-methyl/N-ethyl adjacent to an activating group) is 1. The standard InChI is InChI=1S/C20H25N3O3S/c1-13-10-15(14(2)23(13)17-4-5-17)8-9-21-27(25,26)18-6-7-19-16(11-18)12-20(24)22(19)3/h6-7,10-11,17,21H,4-5,8-9,12H2,1-3H3. The first kappa shape index (κ1) is 18.3. The molecule has 0 spiro atoms. The second-order valence-corrected chi connectivity index (χ2v) is 9.33. The van der Waals surface area contributed by atoms with Crippen molar-refractivity contribution in [1.29, 1.82) is 0 Å². The van der Waals surface area contributed by atoms with Crippen LogP contribution in [-0.4, -0.2) is 32.5 Å². The number of rotatable bonds is 6. The molecule has 1 N–H and O–H groups in total. The molecule has 0 saturated heterocycles. The van der Waals surface area contributed by atoms with Crippen molar-refractivity contribution in [3.63, 3.8) is 0 Å². The predicted molar refractivity (Wildman–Crippen MR) is 105 cm³/mol. The van der Waals surface area contributed by atoms with E-state index in [1.54, 1.807) is 30.1 Å². The third-order valence-corrected chi connectivity index (χ3v) is 7.08. The zero-order valence-electron chi connectivity index (χ0n) is 15.9. The molecule has 1 aliphatic carbocycles. The molecular formula is C20H25N3O3S. The maximum Gasteiger partial charge on any atom is 0.240 e. The minimum atomic E-state index is -3.59. The van der Waals surface area contributed by atoms with Gasteiger partial charge in [0.15, 0.2) is 0 Å². The first-order chi connectivity index (χ1) is 12.8. The van der Waals surface area contributed by atoms with Crippen LogP contribution in [0, 0.1) is 13.8 Å². The summed E-state index contributed by atoms with van der Waals surface area (Å²) in [6.45, 7) is 4.58. The second kappa shape index (κ2) is 6.49. The van der Waals surface area contributed by atoms with Crippen LogP contribution in [0.4, 0.5) is 5.69 Å². The molecule has 1 saturated carbocycles. The maximum atomic E-state index is 12.6. The number of aryl methyl sites for hydroxylation is 1. The fraction of sp³-hybridized carbons (Fsp3) is 0.450. The molecule has 7 heteroatoms. The number of carbonyl (C=O) groups is 1. The van der Waals surface area contributed by atoms with Crippen LogP contribution in [-0.2, 0) is 27.7 Å². The lowest BCUT2D eigenvalue weighted by molar-refractivity contribution is -0.117. The quantitative estimate of drug-likeness (QED) is 0.828. The molecule has 0 atom stereocenters. The molecule has 1 fully saturated rings. The molecule has 6 nitrogen and oxygen atoms in total. The molecule has 0 bridgehead atoms. The number of benzene rings is 1. The number of hydrogen-bond acceptors (Lipinski definition) is 3. The molecule has 4 rings (SSSR count). The summed E-state index contributed by atoms with van der Waals surface area (Å²) in [5.74, 6) is -0.0153. The van der Waals surface area contributed by atoms with Gasteiger partial charge in [-0.3, -0.25) is 4.79 Å². The third-order valence-electron chi connectivity index (χ3n) is 5.63. The molecule has 144 valence electrons. The van der Waals surface area contributed by atoms with Gasteiger partial charge in [0.2, 0.25) is 15.9 Å². The molecule has 1 aromatic carbocycles. The molecule has 1 aliphatic heterocycles. The van der Waals surface area contributed by atoms with Crippen molar-refractivity contribution in [2.45, 2.75) is 50.5 Å². The lowest BCUT2D eigenvalue weighted by Crippen LogP contribution is -2.26. The van der Waals surface area contributed by atoms with Gasteiger partial charge in [-0.2, -0.15) is 0 Å². The van der Waals surface area contributed by atoms with E-state index in [4.69, 9.17) is 0 Å². The van der Waals surface area contributed by atoms with E-state index in [-0.39, 0.29) is 17.2 Å². The summed E-state index contributed by atoms with van der Waals surface area (Å²) >= 11 is 0. The van der Waals surface area contributed by atoms with Crippen LogP contribution in [0.1, 0.15) is 41.4 Å². The molecule has 1 amide bonds. The number of carbonyl (C=O) groups excluding carboxylic acids is 1. The second-order valence-electron chi connectivity index (χ2n) is 7.57. The Morgan fingerprint density at radius 3 is 2.63 bits per heavy atom. The van der Waals surface area contributed by atoms with E-state index in [9.17, 15) is 13.2 Å². The molecular weight excluding hydrogens is 362 g/mol. The fourth-order valence-corrected chi connectivity index (χ4v) is 5.09. The fourth-order valence-electron chi connectivity index (χ4n) is 4.01. The summed E-state index contributed by atoms with van der Waals surface area (Å²) in [6.07, 6.45) is 3.39. The van der Waals surface area contributed by atoms with E-state index in [0.29, 0.717) is 19.0 Å². The first-order valence-corrected chi connectivity index (χ1v) is 10.8. The van der Waals surface area contributed by atoms with Crippen molar-refractivity contribution in [3.05, 3.63) is 46.8 Å². The average molecular weight is 388 g/mol. The number of nitrogens with one attached hydrogen (secondary N) is 1. The van der Waals surface area contributed by atoms with Crippen molar-refractivity contribution in [1.82, 2.24) is 9.29 Å². The van der Waals surface area contributed by atoms with E-state index < -0.39 is 10.0 Å². The van der Waals surface area contributed by atoms with Crippen molar-refractivity contribution in [2.75, 3.05) is 18.5 Å². The van der Waals surface area contributed by atoms with Gasteiger partial charge in [0, 0.05) is 36.7 Å². The van der Waals surface area contributed by atoms with Crippen LogP contribution < -0.4 is 9.62 Å². The van der Waals surface area contributed by atoms with Crippen molar-refractivity contribution in [2.24, 2.45) is 0 Å². The van der Waals surface area contributed by atoms with E-state index >= 15 is 0 Å². The number of fused-ring (bicyclic) bond motifs is 1. The Morgan fingerprint density at radius 1 is 1.19 bits per heavy atom. The Labute approximate surface area is 160 Å². The smallest absolute Gasteiger partial charge is 0.240 e. The predicted octanol–water partition coefficient (Wildman–Crippen LogP) is 2.48. The molecule has 27 heavy (non-hydrogen) atoms. The Bertz CT molecular complexity index is 1020.